The Balaban J connectivity index is 0.000000104. The van der Waals surface area contributed by atoms with Crippen LogP contribution in [0.3, 0.4) is 0 Å². The summed E-state index contributed by atoms with van der Waals surface area (Å²) in [6.45, 7) is 13.7. The normalized spacial score (nSPS) is 15.7. The van der Waals surface area contributed by atoms with E-state index in [1.165, 1.54) is 278 Å². The molecule has 4 saturated carbocycles. The molecule has 6 heterocycles. The second-order valence-electron chi connectivity index (χ2n) is 34.1. The van der Waals surface area contributed by atoms with Gasteiger partial charge < -0.3 is 4.42 Å². The minimum absolute atomic E-state index is 0.0210. The van der Waals surface area contributed by atoms with Gasteiger partial charge in [-0.15, -0.1) is 11.3 Å². The Morgan fingerprint density at radius 3 is 1.13 bits per heavy atom. The Kier molecular flexibility index (Phi) is 19.5. The Hall–Kier alpha value is -10.4. The maximum Gasteiger partial charge on any atom is 0.220 e. The Bertz CT molecular complexity index is 6100. The lowest BCUT2D eigenvalue weighted by Crippen LogP contribution is -2.31. The van der Waals surface area contributed by atoms with Crippen LogP contribution in [0.2, 0.25) is 0 Å². The van der Waals surface area contributed by atoms with Crippen LogP contribution in [0.25, 0.3) is 131 Å². The molecule has 0 spiro atoms. The summed E-state index contributed by atoms with van der Waals surface area (Å²) in [5.74, 6) is 3.02. The summed E-state index contributed by atoms with van der Waals surface area (Å²) >= 11 is 1.83. The number of aromatic nitrogens is 4. The average Bonchev–Trinajstić information content (AvgIpc) is 1.58. The standard InChI is InChI=1S/C31H32N.C26H26N.C24H24NO.C24H24NS/c1-20-17-27-25-11-7-8-12-28(25)31(2,3)29(27)19-26(20)30-24-14-13-22(21-9-5-6-10-21)18-23(24)15-16-32(30)4;1-18-15-20-9-5-6-10-21(20)17-25(18)26-24-12-11-22(19-7-3-4-8-19)16-23(24)13-14-27(26)2;2*1-16-13-20-10-12-26-23(20)15-22(16)24-21-8-7-18(17-5-3-4-6-17)14-19(21)9-11-25(24)2/h7-8,11-19,21H,5-6,9-10H2,1-4H3;5-6,9-17,19H,3-4,7-8H2,1-2H3;2*7-15,17H,3-6H2,1-2H3/q4*+1. The van der Waals surface area contributed by atoms with E-state index in [0.717, 1.165) is 34.6 Å². The summed E-state index contributed by atoms with van der Waals surface area (Å²) in [6, 6.07) is 78.2. The van der Waals surface area contributed by atoms with Crippen molar-refractivity contribution < 1.29 is 22.7 Å². The molecule has 0 aliphatic heterocycles. The molecule has 0 amide bonds. The van der Waals surface area contributed by atoms with Gasteiger partial charge in [-0.2, -0.15) is 0 Å². The van der Waals surface area contributed by atoms with E-state index < -0.39 is 0 Å². The molecule has 10 aromatic carbocycles. The lowest BCUT2D eigenvalue weighted by molar-refractivity contribution is -0.659. The highest BCUT2D eigenvalue weighted by Crippen LogP contribution is 2.51. The van der Waals surface area contributed by atoms with Gasteiger partial charge in [0.1, 0.15) is 33.8 Å². The van der Waals surface area contributed by atoms with Crippen molar-refractivity contribution in [3.63, 3.8) is 0 Å². The van der Waals surface area contributed by atoms with Crippen LogP contribution in [0, 0.1) is 27.7 Å². The van der Waals surface area contributed by atoms with Crippen LogP contribution in [0.1, 0.15) is 196 Å². The van der Waals surface area contributed by atoms with Gasteiger partial charge in [-0.1, -0.05) is 174 Å². The zero-order valence-corrected chi connectivity index (χ0v) is 67.6. The van der Waals surface area contributed by atoms with Crippen molar-refractivity contribution in [3.05, 3.63) is 298 Å². The number of hydrogen-bond acceptors (Lipinski definition) is 2. The van der Waals surface area contributed by atoms with Crippen molar-refractivity contribution in [2.75, 3.05) is 0 Å². The smallest absolute Gasteiger partial charge is 0.220 e. The minimum Gasteiger partial charge on any atom is -0.464 e. The van der Waals surface area contributed by atoms with Crippen molar-refractivity contribution in [2.24, 2.45) is 28.2 Å². The first-order valence-corrected chi connectivity index (χ1v) is 42.4. The van der Waals surface area contributed by atoms with Crippen LogP contribution < -0.4 is 18.3 Å². The number of thiophene rings is 1. The van der Waals surface area contributed by atoms with Crippen molar-refractivity contribution in [3.8, 4) is 56.2 Å². The first kappa shape index (κ1) is 72.2. The molecule has 5 aliphatic rings. The summed E-state index contributed by atoms with van der Waals surface area (Å²) in [6.07, 6.45) is 32.4. The zero-order chi connectivity index (χ0) is 75.8. The molecule has 16 aromatic rings. The maximum absolute atomic E-state index is 5.66. The van der Waals surface area contributed by atoms with Gasteiger partial charge in [-0.25, -0.2) is 18.3 Å². The van der Waals surface area contributed by atoms with Gasteiger partial charge in [-0.3, -0.25) is 0 Å². The molecule has 5 nitrogen and oxygen atoms in total. The molecule has 111 heavy (non-hydrogen) atoms. The third kappa shape index (κ3) is 13.7. The average molecular weight is 1470 g/mol. The molecular formula is C105H106N4OS+4. The van der Waals surface area contributed by atoms with Gasteiger partial charge in [0.2, 0.25) is 22.8 Å². The fourth-order valence-electron chi connectivity index (χ4n) is 20.4. The summed E-state index contributed by atoms with van der Waals surface area (Å²) < 4.78 is 16.1. The number of benzene rings is 10. The number of nitrogens with zero attached hydrogens (tertiary/aromatic N) is 4. The molecule has 5 aliphatic carbocycles. The number of fused-ring (bicyclic) bond motifs is 10. The lowest BCUT2D eigenvalue weighted by atomic mass is 9.81. The molecule has 0 unspecified atom stereocenters. The number of pyridine rings is 4. The van der Waals surface area contributed by atoms with Gasteiger partial charge in [-0.05, 0) is 285 Å². The first-order chi connectivity index (χ1) is 54.1. The molecule has 6 aromatic heterocycles. The monoisotopic (exact) mass is 1470 g/mol. The second kappa shape index (κ2) is 30.0. The molecular weight excluding hydrogens is 1370 g/mol. The van der Waals surface area contributed by atoms with Crippen LogP contribution >= 0.6 is 11.3 Å². The lowest BCUT2D eigenvalue weighted by Gasteiger charge is -2.22. The van der Waals surface area contributed by atoms with Crippen LogP contribution in [0.5, 0.6) is 0 Å². The van der Waals surface area contributed by atoms with Crippen LogP contribution in [-0.4, -0.2) is 0 Å². The largest absolute Gasteiger partial charge is 0.464 e. The highest BCUT2D eigenvalue weighted by molar-refractivity contribution is 7.17. The quantitative estimate of drug-likeness (QED) is 0.139. The van der Waals surface area contributed by atoms with E-state index >= 15 is 0 Å². The van der Waals surface area contributed by atoms with E-state index in [4.69, 9.17) is 4.42 Å². The van der Waals surface area contributed by atoms with Crippen molar-refractivity contribution in [2.45, 2.75) is 173 Å². The molecule has 0 radical (unpaired) electrons. The predicted molar refractivity (Wildman–Crippen MR) is 466 cm³/mol. The third-order valence-corrected chi connectivity index (χ3v) is 27.5. The van der Waals surface area contributed by atoms with Crippen molar-refractivity contribution in [1.29, 1.82) is 0 Å². The van der Waals surface area contributed by atoms with Crippen LogP contribution in [0.15, 0.2) is 247 Å². The maximum atomic E-state index is 5.66. The van der Waals surface area contributed by atoms with Crippen molar-refractivity contribution in [1.82, 2.24) is 0 Å². The van der Waals surface area contributed by atoms with E-state index in [1.54, 1.807) is 6.26 Å². The van der Waals surface area contributed by atoms with E-state index in [9.17, 15) is 0 Å². The molecule has 554 valence electrons. The molecule has 4 fully saturated rings. The van der Waals surface area contributed by atoms with Gasteiger partial charge in [0.05, 0.1) is 50.1 Å². The van der Waals surface area contributed by atoms with E-state index in [2.05, 4.69) is 318 Å². The van der Waals surface area contributed by atoms with E-state index in [0.29, 0.717) is 0 Å². The fraction of sp³-hybridized carbons (Fsp3) is 0.295. The number of hydrogen-bond donors (Lipinski definition) is 0. The highest BCUT2D eigenvalue weighted by atomic mass is 32.1. The Morgan fingerprint density at radius 2 is 0.676 bits per heavy atom. The number of rotatable bonds is 8. The summed E-state index contributed by atoms with van der Waals surface area (Å²) in [5, 5.41) is 18.1. The Morgan fingerprint density at radius 1 is 0.306 bits per heavy atom. The molecule has 21 rings (SSSR count). The minimum atomic E-state index is 0.0210. The molecule has 0 bridgehead atoms. The zero-order valence-electron chi connectivity index (χ0n) is 66.8. The van der Waals surface area contributed by atoms with Crippen LogP contribution in [0.4, 0.5) is 0 Å². The van der Waals surface area contributed by atoms with E-state index in [1.807, 2.05) is 17.4 Å². The molecule has 6 heteroatoms. The molecule has 0 saturated heterocycles. The fourth-order valence-corrected chi connectivity index (χ4v) is 21.2. The summed E-state index contributed by atoms with van der Waals surface area (Å²) in [5.41, 5.74) is 28.5. The number of aryl methyl sites for hydroxylation is 8. The SMILES string of the molecule is Cc1cc2c(cc1-c1c3ccc(C4CCCC4)cc3cc[n+]1C)C(C)(C)c1ccccc1-2.Cc1cc2ccccc2cc1-c1c2ccc(C3CCCC3)cc2cc[n+]1C.Cc1cc2ccoc2cc1-c1c2ccc(C3CCCC3)cc2cc[n+]1C.Cc1cc2ccsc2cc1-c1c2ccc(C3CCCC3)cc2cc[n+]1C. The van der Waals surface area contributed by atoms with Gasteiger partial charge in [0.15, 0.2) is 24.8 Å². The third-order valence-electron chi connectivity index (χ3n) is 26.6. The van der Waals surface area contributed by atoms with Crippen LogP contribution in [-0.2, 0) is 33.6 Å². The highest BCUT2D eigenvalue weighted by Gasteiger charge is 2.37. The summed E-state index contributed by atoms with van der Waals surface area (Å²) in [4.78, 5) is 0. The van der Waals surface area contributed by atoms with Gasteiger partial charge in [0.25, 0.3) is 0 Å². The molecule has 0 atom stereocenters. The van der Waals surface area contributed by atoms with Crippen molar-refractivity contribution >= 4 is 86.3 Å². The predicted octanol–water partition coefficient (Wildman–Crippen LogP) is 26.6. The van der Waals surface area contributed by atoms with Gasteiger partial charge >= 0.3 is 0 Å². The Labute approximate surface area is 660 Å². The van der Waals surface area contributed by atoms with E-state index in [-0.39, 0.29) is 5.41 Å². The molecule has 0 N–H and O–H groups in total. The topological polar surface area (TPSA) is 28.7 Å². The number of furan rings is 1. The summed E-state index contributed by atoms with van der Waals surface area (Å²) in [7, 11) is 8.64. The second-order valence-corrected chi connectivity index (χ2v) is 35.0. The first-order valence-electron chi connectivity index (χ1n) is 41.5. The van der Waals surface area contributed by atoms with Gasteiger partial charge in [0, 0.05) is 39.8 Å².